The average molecular weight is 460 g/mol. The summed E-state index contributed by atoms with van der Waals surface area (Å²) in [5, 5.41) is 10.7. The van der Waals surface area contributed by atoms with Gasteiger partial charge in [0.2, 0.25) is 11.8 Å². The quantitative estimate of drug-likeness (QED) is 0.496. The number of nitrogens with one attached hydrogen (secondary N) is 1. The van der Waals surface area contributed by atoms with Crippen LogP contribution in [-0.4, -0.2) is 45.6 Å². The first kappa shape index (κ1) is 23.3. The second kappa shape index (κ2) is 10.3. The molecule has 168 valence electrons. The molecule has 1 N–H and O–H groups in total. The molecule has 32 heavy (non-hydrogen) atoms. The Kier molecular flexibility index (Phi) is 7.53. The second-order valence-electron chi connectivity index (χ2n) is 7.43. The van der Waals surface area contributed by atoms with Gasteiger partial charge in [0.05, 0.1) is 28.8 Å². The molecule has 8 nitrogen and oxygen atoms in total. The fraction of sp³-hybridized carbons (Fsp3) is 0.318. The molecule has 1 unspecified atom stereocenters. The molecular weight excluding hydrogens is 437 g/mol. The van der Waals surface area contributed by atoms with E-state index in [-0.39, 0.29) is 36.8 Å². The van der Waals surface area contributed by atoms with Crippen LogP contribution in [0.15, 0.2) is 47.6 Å². The number of halogens is 2. The third-order valence-electron chi connectivity index (χ3n) is 5.14. The van der Waals surface area contributed by atoms with Crippen molar-refractivity contribution in [3.63, 3.8) is 0 Å². The number of carbonyl (C=O) groups is 2. The number of para-hydroxylation sites is 1. The summed E-state index contributed by atoms with van der Waals surface area (Å²) in [7, 11) is 0. The average Bonchev–Trinajstić information content (AvgIpc) is 3.08. The highest BCUT2D eigenvalue weighted by molar-refractivity contribution is 6.30. The van der Waals surface area contributed by atoms with Crippen molar-refractivity contribution < 1.29 is 14.0 Å². The summed E-state index contributed by atoms with van der Waals surface area (Å²) < 4.78 is 15.6. The summed E-state index contributed by atoms with van der Waals surface area (Å²) in [5.41, 5.74) is 1.80. The monoisotopic (exact) mass is 459 g/mol. The summed E-state index contributed by atoms with van der Waals surface area (Å²) in [6.45, 7) is 2.82. The predicted molar refractivity (Wildman–Crippen MR) is 120 cm³/mol. The van der Waals surface area contributed by atoms with E-state index in [1.807, 2.05) is 31.2 Å². The first-order valence-electron chi connectivity index (χ1n) is 10.0. The zero-order valence-corrected chi connectivity index (χ0v) is 18.5. The van der Waals surface area contributed by atoms with Crippen molar-refractivity contribution in [1.82, 2.24) is 20.0 Å². The topological polar surface area (TPSA) is 96.7 Å². The van der Waals surface area contributed by atoms with Crippen LogP contribution in [0.4, 0.5) is 4.39 Å². The fourth-order valence-electron chi connectivity index (χ4n) is 3.42. The molecule has 0 bridgehead atoms. The van der Waals surface area contributed by atoms with Gasteiger partial charge >= 0.3 is 0 Å². The van der Waals surface area contributed by atoms with Crippen molar-refractivity contribution in [2.45, 2.75) is 33.0 Å². The van der Waals surface area contributed by atoms with E-state index < -0.39 is 23.7 Å². The first-order valence-corrected chi connectivity index (χ1v) is 10.4. The number of hydrogen-bond acceptors (Lipinski definition) is 5. The van der Waals surface area contributed by atoms with Crippen LogP contribution in [0, 0.1) is 17.6 Å². The van der Waals surface area contributed by atoms with Gasteiger partial charge in [-0.2, -0.15) is 10.0 Å². The Hall–Kier alpha value is -3.33. The number of hydrogen-bond donors (Lipinski definition) is 1. The molecule has 2 amide bonds. The maximum Gasteiger partial charge on any atom is 0.245 e. The molecule has 1 aromatic heterocycles. The molecule has 1 heterocycles. The highest BCUT2D eigenvalue weighted by Crippen LogP contribution is 2.19. The molecule has 0 aliphatic heterocycles. The van der Waals surface area contributed by atoms with E-state index in [1.165, 1.54) is 17.0 Å². The number of carbonyl (C=O) groups excluding carboxylic acids is 2. The van der Waals surface area contributed by atoms with E-state index in [0.717, 1.165) is 16.6 Å². The van der Waals surface area contributed by atoms with Crippen molar-refractivity contribution in [3.8, 4) is 0 Å². The Balaban J connectivity index is 1.72. The smallest absolute Gasteiger partial charge is 0.245 e. The highest BCUT2D eigenvalue weighted by Gasteiger charge is 2.24. The van der Waals surface area contributed by atoms with E-state index in [2.05, 4.69) is 15.6 Å². The number of aryl methyl sites for hydroxylation is 1. The molecule has 0 aliphatic carbocycles. The number of nitrogens with zero attached hydrogens (tertiary/aromatic N) is 4. The van der Waals surface area contributed by atoms with Crippen LogP contribution in [0.1, 0.15) is 18.2 Å². The van der Waals surface area contributed by atoms with Gasteiger partial charge in [-0.1, -0.05) is 47.1 Å². The van der Waals surface area contributed by atoms with Crippen LogP contribution in [-0.2, 0) is 22.7 Å². The van der Waals surface area contributed by atoms with Gasteiger partial charge in [0.1, 0.15) is 18.9 Å². The third kappa shape index (κ3) is 5.28. The lowest BCUT2D eigenvalue weighted by Crippen LogP contribution is -2.47. The maximum atomic E-state index is 14.0. The molecule has 0 saturated heterocycles. The van der Waals surface area contributed by atoms with E-state index >= 15 is 0 Å². The van der Waals surface area contributed by atoms with E-state index in [0.29, 0.717) is 0 Å². The van der Waals surface area contributed by atoms with Gasteiger partial charge in [-0.3, -0.25) is 14.3 Å². The number of fused-ring (bicyclic) bond motifs is 1. The maximum absolute atomic E-state index is 14.0. The Labute approximate surface area is 189 Å². The Morgan fingerprint density at radius 2 is 2.00 bits per heavy atom. The third-order valence-corrected chi connectivity index (χ3v) is 5.43. The SMILES string of the molecule is Cc1nn(CC(=O)N(CC(=O)NCc2cccc(Cl)c2F)C(C)CN=O)c2ccccc12. The number of amides is 2. The minimum atomic E-state index is -0.609. The van der Waals surface area contributed by atoms with Crippen molar-refractivity contribution in [1.29, 1.82) is 0 Å². The molecule has 0 aliphatic rings. The predicted octanol–water partition coefficient (Wildman–Crippen LogP) is 3.44. The first-order chi connectivity index (χ1) is 15.3. The lowest BCUT2D eigenvalue weighted by atomic mass is 10.2. The number of rotatable bonds is 9. The van der Waals surface area contributed by atoms with E-state index in [1.54, 1.807) is 17.7 Å². The lowest BCUT2D eigenvalue weighted by molar-refractivity contribution is -0.138. The van der Waals surface area contributed by atoms with Crippen LogP contribution in [0.2, 0.25) is 5.02 Å². The fourth-order valence-corrected chi connectivity index (χ4v) is 3.61. The van der Waals surface area contributed by atoms with Gasteiger partial charge in [-0.25, -0.2) is 4.39 Å². The summed E-state index contributed by atoms with van der Waals surface area (Å²) in [5.74, 6) is -1.50. The zero-order valence-electron chi connectivity index (χ0n) is 17.7. The molecule has 2 aromatic carbocycles. The van der Waals surface area contributed by atoms with Crippen LogP contribution >= 0.6 is 11.6 Å². The number of aromatic nitrogens is 2. The molecule has 3 rings (SSSR count). The summed E-state index contributed by atoms with van der Waals surface area (Å²) in [4.78, 5) is 37.6. The van der Waals surface area contributed by atoms with Crippen LogP contribution < -0.4 is 5.32 Å². The summed E-state index contributed by atoms with van der Waals surface area (Å²) in [6.07, 6.45) is 0. The molecule has 0 spiro atoms. The van der Waals surface area contributed by atoms with E-state index in [9.17, 15) is 18.9 Å². The molecule has 0 fully saturated rings. The van der Waals surface area contributed by atoms with Crippen LogP contribution in [0.25, 0.3) is 10.9 Å². The standard InChI is InChI=1S/C22H23ClFN5O3/c1-14(10-26-32)28(12-20(30)25-11-16-6-5-8-18(23)22(16)24)21(31)13-29-19-9-4-3-7-17(19)15(2)27-29/h3-9,14H,10-13H2,1-2H3,(H,25,30). The van der Waals surface area contributed by atoms with Crippen molar-refractivity contribution in [2.24, 2.45) is 5.18 Å². The zero-order chi connectivity index (χ0) is 23.3. The second-order valence-corrected chi connectivity index (χ2v) is 7.84. The summed E-state index contributed by atoms with van der Waals surface area (Å²) in [6, 6.07) is 11.4. The van der Waals surface area contributed by atoms with E-state index in [4.69, 9.17) is 11.6 Å². The molecule has 0 saturated carbocycles. The van der Waals surface area contributed by atoms with Crippen molar-refractivity contribution in [3.05, 3.63) is 69.5 Å². The Morgan fingerprint density at radius 3 is 2.75 bits per heavy atom. The van der Waals surface area contributed by atoms with Gasteiger partial charge in [-0.15, -0.1) is 0 Å². The van der Waals surface area contributed by atoms with Crippen LogP contribution in [0.3, 0.4) is 0 Å². The number of nitroso groups, excluding NO2 is 1. The highest BCUT2D eigenvalue weighted by atomic mass is 35.5. The minimum absolute atomic E-state index is 0.0408. The van der Waals surface area contributed by atoms with Gasteiger partial charge in [0.15, 0.2) is 0 Å². The van der Waals surface area contributed by atoms with Gasteiger partial charge in [-0.05, 0) is 26.0 Å². The van der Waals surface area contributed by atoms with Gasteiger partial charge < -0.3 is 10.2 Å². The lowest BCUT2D eigenvalue weighted by Gasteiger charge is -2.27. The normalized spacial score (nSPS) is 11.9. The minimum Gasteiger partial charge on any atom is -0.350 e. The van der Waals surface area contributed by atoms with Crippen LogP contribution in [0.5, 0.6) is 0 Å². The van der Waals surface area contributed by atoms with Crippen molar-refractivity contribution in [2.75, 3.05) is 13.1 Å². The Bertz CT molecular complexity index is 1150. The number of benzene rings is 2. The molecule has 3 aromatic rings. The molecular formula is C22H23ClFN5O3. The molecule has 10 heteroatoms. The van der Waals surface area contributed by atoms with Crippen molar-refractivity contribution >= 4 is 34.3 Å². The Morgan fingerprint density at radius 1 is 1.25 bits per heavy atom. The summed E-state index contributed by atoms with van der Waals surface area (Å²) >= 11 is 5.76. The molecule has 1 atom stereocenters. The van der Waals surface area contributed by atoms with Gasteiger partial charge in [0.25, 0.3) is 0 Å². The van der Waals surface area contributed by atoms with Gasteiger partial charge in [0, 0.05) is 17.5 Å². The largest absolute Gasteiger partial charge is 0.350 e. The molecule has 0 radical (unpaired) electrons.